The van der Waals surface area contributed by atoms with E-state index < -0.39 is 0 Å². The van der Waals surface area contributed by atoms with Crippen molar-refractivity contribution in [1.82, 2.24) is 10.3 Å². The summed E-state index contributed by atoms with van der Waals surface area (Å²) in [5.41, 5.74) is 2.61. The van der Waals surface area contributed by atoms with Crippen LogP contribution in [0.25, 0.3) is 0 Å². The first-order chi connectivity index (χ1) is 8.34. The number of nitrogens with one attached hydrogen (secondary N) is 1. The maximum absolute atomic E-state index is 5.47. The van der Waals surface area contributed by atoms with Crippen LogP contribution in [-0.2, 0) is 17.7 Å². The molecule has 0 unspecified atom stereocenters. The quantitative estimate of drug-likeness (QED) is 0.836. The van der Waals surface area contributed by atoms with Gasteiger partial charge in [0.1, 0.15) is 5.82 Å². The molecule has 100 valence electrons. The zero-order chi connectivity index (χ0) is 11.7. The van der Waals surface area contributed by atoms with Gasteiger partial charge in [0.05, 0.1) is 19.3 Å². The first kappa shape index (κ1) is 13.6. The SMILES string of the molecule is C[C@H]1COCCN1c1ccc2c(n1)CCNC2.Cl. The molecule has 0 saturated carbocycles. The standard InChI is InChI=1S/C13H19N3O.ClH/c1-10-9-17-7-6-16(10)13-3-2-11-8-14-5-4-12(11)15-13;/h2-3,10,14H,4-9H2,1H3;1H/t10-;/m0./s1. The van der Waals surface area contributed by atoms with E-state index in [-0.39, 0.29) is 12.4 Å². The van der Waals surface area contributed by atoms with Crippen LogP contribution in [0, 0.1) is 0 Å². The number of rotatable bonds is 1. The van der Waals surface area contributed by atoms with E-state index in [1.807, 2.05) is 0 Å². The number of nitrogens with zero attached hydrogens (tertiary/aromatic N) is 2. The van der Waals surface area contributed by atoms with Gasteiger partial charge in [0, 0.05) is 31.7 Å². The van der Waals surface area contributed by atoms with Crippen molar-refractivity contribution in [1.29, 1.82) is 0 Å². The molecule has 0 spiro atoms. The van der Waals surface area contributed by atoms with E-state index in [0.29, 0.717) is 6.04 Å². The summed E-state index contributed by atoms with van der Waals surface area (Å²) >= 11 is 0. The van der Waals surface area contributed by atoms with Crippen LogP contribution in [0.3, 0.4) is 0 Å². The van der Waals surface area contributed by atoms with Crippen molar-refractivity contribution in [2.45, 2.75) is 25.9 Å². The fourth-order valence-corrected chi connectivity index (χ4v) is 2.55. The molecule has 18 heavy (non-hydrogen) atoms. The van der Waals surface area contributed by atoms with Gasteiger partial charge in [0.15, 0.2) is 0 Å². The molecule has 1 fully saturated rings. The summed E-state index contributed by atoms with van der Waals surface area (Å²) in [6.07, 6.45) is 1.04. The van der Waals surface area contributed by atoms with Crippen LogP contribution in [0.15, 0.2) is 12.1 Å². The molecule has 1 N–H and O–H groups in total. The van der Waals surface area contributed by atoms with Crippen LogP contribution in [0.2, 0.25) is 0 Å². The van der Waals surface area contributed by atoms with Crippen LogP contribution >= 0.6 is 12.4 Å². The number of hydrogen-bond donors (Lipinski definition) is 1. The zero-order valence-corrected chi connectivity index (χ0v) is 11.5. The summed E-state index contributed by atoms with van der Waals surface area (Å²) in [6, 6.07) is 4.79. The number of anilines is 1. The van der Waals surface area contributed by atoms with Gasteiger partial charge in [-0.05, 0) is 18.6 Å². The number of halogens is 1. The highest BCUT2D eigenvalue weighted by Gasteiger charge is 2.21. The van der Waals surface area contributed by atoms with Gasteiger partial charge in [-0.25, -0.2) is 4.98 Å². The molecular formula is C13H20ClN3O. The second-order valence-electron chi connectivity index (χ2n) is 4.82. The van der Waals surface area contributed by atoms with E-state index in [0.717, 1.165) is 45.1 Å². The Morgan fingerprint density at radius 3 is 3.17 bits per heavy atom. The molecule has 0 bridgehead atoms. The molecule has 5 heteroatoms. The Morgan fingerprint density at radius 2 is 2.33 bits per heavy atom. The van der Waals surface area contributed by atoms with Crippen molar-refractivity contribution in [3.05, 3.63) is 23.4 Å². The van der Waals surface area contributed by atoms with Crippen LogP contribution in [0.5, 0.6) is 0 Å². The number of fused-ring (bicyclic) bond motifs is 1. The second-order valence-corrected chi connectivity index (χ2v) is 4.82. The lowest BCUT2D eigenvalue weighted by Gasteiger charge is -2.34. The Morgan fingerprint density at radius 1 is 1.44 bits per heavy atom. The van der Waals surface area contributed by atoms with E-state index in [1.165, 1.54) is 11.3 Å². The molecular weight excluding hydrogens is 250 g/mol. The van der Waals surface area contributed by atoms with Gasteiger partial charge in [-0.3, -0.25) is 0 Å². The summed E-state index contributed by atoms with van der Waals surface area (Å²) < 4.78 is 5.47. The van der Waals surface area contributed by atoms with E-state index >= 15 is 0 Å². The topological polar surface area (TPSA) is 37.4 Å². The average Bonchev–Trinajstić information content (AvgIpc) is 2.39. The largest absolute Gasteiger partial charge is 0.377 e. The summed E-state index contributed by atoms with van der Waals surface area (Å²) in [7, 11) is 0. The molecule has 0 amide bonds. The molecule has 1 aromatic heterocycles. The molecule has 3 heterocycles. The lowest BCUT2D eigenvalue weighted by molar-refractivity contribution is 0.0985. The van der Waals surface area contributed by atoms with Gasteiger partial charge in [0.25, 0.3) is 0 Å². The third-order valence-electron chi connectivity index (χ3n) is 3.57. The number of morpholine rings is 1. The summed E-state index contributed by atoms with van der Waals surface area (Å²) in [6.45, 7) is 6.77. The highest BCUT2D eigenvalue weighted by Crippen LogP contribution is 2.21. The van der Waals surface area contributed by atoms with Crippen molar-refractivity contribution in [3.63, 3.8) is 0 Å². The summed E-state index contributed by atoms with van der Waals surface area (Å²) in [4.78, 5) is 7.17. The highest BCUT2D eigenvalue weighted by molar-refractivity contribution is 5.85. The average molecular weight is 270 g/mol. The Hall–Kier alpha value is -0.840. The Kier molecular flexibility index (Phi) is 4.43. The Bertz CT molecular complexity index is 413. The predicted molar refractivity (Wildman–Crippen MR) is 74.5 cm³/mol. The first-order valence-corrected chi connectivity index (χ1v) is 6.38. The lowest BCUT2D eigenvalue weighted by Crippen LogP contribution is -2.44. The fourth-order valence-electron chi connectivity index (χ4n) is 2.55. The number of pyridine rings is 1. The van der Waals surface area contributed by atoms with E-state index in [1.54, 1.807) is 0 Å². The summed E-state index contributed by atoms with van der Waals surface area (Å²) in [5.74, 6) is 1.11. The highest BCUT2D eigenvalue weighted by atomic mass is 35.5. The number of hydrogen-bond acceptors (Lipinski definition) is 4. The third-order valence-corrected chi connectivity index (χ3v) is 3.57. The van der Waals surface area contributed by atoms with E-state index in [9.17, 15) is 0 Å². The number of aromatic nitrogens is 1. The van der Waals surface area contributed by atoms with Crippen molar-refractivity contribution in [2.75, 3.05) is 31.2 Å². The first-order valence-electron chi connectivity index (χ1n) is 6.38. The van der Waals surface area contributed by atoms with Gasteiger partial charge in [-0.1, -0.05) is 6.07 Å². The number of ether oxygens (including phenoxy) is 1. The monoisotopic (exact) mass is 269 g/mol. The van der Waals surface area contributed by atoms with Gasteiger partial charge < -0.3 is 15.0 Å². The van der Waals surface area contributed by atoms with E-state index in [4.69, 9.17) is 9.72 Å². The lowest BCUT2D eigenvalue weighted by atomic mass is 10.1. The maximum Gasteiger partial charge on any atom is 0.129 e. The molecule has 1 atom stereocenters. The van der Waals surface area contributed by atoms with Gasteiger partial charge >= 0.3 is 0 Å². The van der Waals surface area contributed by atoms with E-state index in [2.05, 4.69) is 29.3 Å². The molecule has 0 aromatic carbocycles. The predicted octanol–water partition coefficient (Wildman–Crippen LogP) is 1.37. The molecule has 0 radical (unpaired) electrons. The van der Waals surface area contributed by atoms with Crippen molar-refractivity contribution in [3.8, 4) is 0 Å². The minimum Gasteiger partial charge on any atom is -0.377 e. The van der Waals surface area contributed by atoms with Crippen LogP contribution < -0.4 is 10.2 Å². The molecule has 1 aromatic rings. The third kappa shape index (κ3) is 2.60. The van der Waals surface area contributed by atoms with Crippen molar-refractivity contribution < 1.29 is 4.74 Å². The minimum absolute atomic E-state index is 0. The van der Waals surface area contributed by atoms with Crippen molar-refractivity contribution in [2.24, 2.45) is 0 Å². The molecule has 4 nitrogen and oxygen atoms in total. The molecule has 1 saturated heterocycles. The van der Waals surface area contributed by atoms with Gasteiger partial charge in [-0.2, -0.15) is 0 Å². The maximum atomic E-state index is 5.47. The summed E-state index contributed by atoms with van der Waals surface area (Å²) in [5, 5.41) is 3.38. The van der Waals surface area contributed by atoms with Gasteiger partial charge in [0.2, 0.25) is 0 Å². The molecule has 0 aliphatic carbocycles. The Labute approximate surface area is 114 Å². The second kappa shape index (κ2) is 5.87. The normalized spacial score (nSPS) is 23.2. The van der Waals surface area contributed by atoms with Crippen LogP contribution in [-0.4, -0.2) is 37.3 Å². The Balaban J connectivity index is 0.00000120. The molecule has 2 aliphatic heterocycles. The molecule has 2 aliphatic rings. The van der Waals surface area contributed by atoms with Crippen LogP contribution in [0.1, 0.15) is 18.2 Å². The fraction of sp³-hybridized carbons (Fsp3) is 0.615. The van der Waals surface area contributed by atoms with Gasteiger partial charge in [-0.15, -0.1) is 12.4 Å². The minimum atomic E-state index is 0. The molecule has 3 rings (SSSR count). The smallest absolute Gasteiger partial charge is 0.129 e. The zero-order valence-electron chi connectivity index (χ0n) is 10.7. The van der Waals surface area contributed by atoms with Crippen LogP contribution in [0.4, 0.5) is 5.82 Å². The van der Waals surface area contributed by atoms with Crippen molar-refractivity contribution >= 4 is 18.2 Å².